The molecule has 29 heavy (non-hydrogen) atoms. The third kappa shape index (κ3) is 5.63. The lowest BCUT2D eigenvalue weighted by molar-refractivity contribution is -0.384. The second-order valence-corrected chi connectivity index (χ2v) is 7.37. The van der Waals surface area contributed by atoms with Crippen LogP contribution in [0.15, 0.2) is 34.9 Å². The molecule has 1 aliphatic carbocycles. The van der Waals surface area contributed by atoms with Crippen LogP contribution in [0.5, 0.6) is 0 Å². The molecule has 1 N–H and O–H groups in total. The van der Waals surface area contributed by atoms with E-state index in [1.54, 1.807) is 13.0 Å². The molecule has 2 amide bonds. The van der Waals surface area contributed by atoms with E-state index >= 15 is 0 Å². The molecule has 0 unspecified atom stereocenters. The Balaban J connectivity index is 1.75. The quantitative estimate of drug-likeness (QED) is 0.561. The van der Waals surface area contributed by atoms with Crippen molar-refractivity contribution in [3.8, 4) is 0 Å². The number of carbonyl (C=O) groups excluding carboxylic acids is 2. The molecule has 1 fully saturated rings. The smallest absolute Gasteiger partial charge is 0.270 e. The second kappa shape index (κ2) is 9.31. The molecule has 1 aromatic heterocycles. The average molecular weight is 400 g/mol. The van der Waals surface area contributed by atoms with Crippen LogP contribution in [0.1, 0.15) is 48.2 Å². The summed E-state index contributed by atoms with van der Waals surface area (Å²) in [6, 6.07) is 7.17. The summed E-state index contributed by atoms with van der Waals surface area (Å²) in [5, 5.41) is 17.4. The van der Waals surface area contributed by atoms with Crippen molar-refractivity contribution >= 4 is 23.3 Å². The second-order valence-electron chi connectivity index (χ2n) is 7.37. The highest BCUT2D eigenvalue weighted by Crippen LogP contribution is 2.25. The highest BCUT2D eigenvalue weighted by atomic mass is 16.6. The van der Waals surface area contributed by atoms with Crippen LogP contribution >= 0.6 is 0 Å². The van der Waals surface area contributed by atoms with Gasteiger partial charge in [-0.1, -0.05) is 30.5 Å². The molecule has 1 aromatic carbocycles. The predicted molar refractivity (Wildman–Crippen MR) is 105 cm³/mol. The van der Waals surface area contributed by atoms with E-state index in [-0.39, 0.29) is 23.6 Å². The molecule has 0 aliphatic heterocycles. The number of amides is 2. The lowest BCUT2D eigenvalue weighted by Crippen LogP contribution is -2.41. The van der Waals surface area contributed by atoms with Crippen molar-refractivity contribution in [1.82, 2.24) is 10.1 Å². The Bertz CT molecular complexity index is 889. The third-order valence-corrected chi connectivity index (χ3v) is 5.02. The van der Waals surface area contributed by atoms with Gasteiger partial charge in [0.2, 0.25) is 5.91 Å². The molecule has 9 heteroatoms. The average Bonchev–Trinajstić information content (AvgIpc) is 3.12. The number of nitro groups is 1. The van der Waals surface area contributed by atoms with Crippen molar-refractivity contribution in [3.05, 3.63) is 51.8 Å². The number of hydrogen-bond acceptors (Lipinski definition) is 6. The maximum Gasteiger partial charge on any atom is 0.270 e. The first-order valence-corrected chi connectivity index (χ1v) is 9.69. The Kier molecular flexibility index (Phi) is 6.58. The molecule has 0 radical (unpaired) electrons. The summed E-state index contributed by atoms with van der Waals surface area (Å²) >= 11 is 0. The van der Waals surface area contributed by atoms with Crippen molar-refractivity contribution in [2.75, 3.05) is 18.4 Å². The highest BCUT2D eigenvalue weighted by Gasteiger charge is 2.25. The van der Waals surface area contributed by atoms with Crippen molar-refractivity contribution < 1.29 is 19.0 Å². The van der Waals surface area contributed by atoms with Crippen LogP contribution < -0.4 is 5.32 Å². The number of aromatic nitrogens is 1. The minimum Gasteiger partial charge on any atom is -0.360 e. The van der Waals surface area contributed by atoms with Gasteiger partial charge in [-0.2, -0.15) is 0 Å². The van der Waals surface area contributed by atoms with Gasteiger partial charge in [-0.3, -0.25) is 19.7 Å². The molecular weight excluding hydrogens is 376 g/mol. The van der Waals surface area contributed by atoms with Crippen LogP contribution in [-0.2, 0) is 4.79 Å². The maximum absolute atomic E-state index is 13.1. The molecule has 0 saturated heterocycles. The number of anilines is 1. The van der Waals surface area contributed by atoms with Gasteiger partial charge in [0, 0.05) is 30.3 Å². The fraction of sp³-hybridized carbons (Fsp3) is 0.450. The SMILES string of the molecule is Cc1cc(NC(=O)CN(CC2CCCCC2)C(=O)c2cccc([N+](=O)[O-])c2)no1. The largest absolute Gasteiger partial charge is 0.360 e. The van der Waals surface area contributed by atoms with E-state index in [2.05, 4.69) is 10.5 Å². The Hall–Kier alpha value is -3.23. The number of hydrogen-bond donors (Lipinski definition) is 1. The van der Waals surface area contributed by atoms with Gasteiger partial charge in [-0.15, -0.1) is 0 Å². The van der Waals surface area contributed by atoms with Gasteiger partial charge in [0.15, 0.2) is 5.82 Å². The van der Waals surface area contributed by atoms with Crippen LogP contribution in [0, 0.1) is 23.0 Å². The van der Waals surface area contributed by atoms with E-state index < -0.39 is 16.7 Å². The van der Waals surface area contributed by atoms with Gasteiger partial charge in [-0.25, -0.2) is 0 Å². The monoisotopic (exact) mass is 400 g/mol. The van der Waals surface area contributed by atoms with E-state index in [9.17, 15) is 19.7 Å². The van der Waals surface area contributed by atoms with Crippen LogP contribution in [0.3, 0.4) is 0 Å². The molecule has 1 saturated carbocycles. The Morgan fingerprint density at radius 3 is 2.69 bits per heavy atom. The molecule has 2 aromatic rings. The highest BCUT2D eigenvalue weighted by molar-refractivity contribution is 5.99. The van der Waals surface area contributed by atoms with Crippen LogP contribution in [0.4, 0.5) is 11.5 Å². The maximum atomic E-state index is 13.1. The molecule has 0 spiro atoms. The van der Waals surface area contributed by atoms with E-state index in [0.29, 0.717) is 18.2 Å². The van der Waals surface area contributed by atoms with Crippen LogP contribution in [0.2, 0.25) is 0 Å². The number of aryl methyl sites for hydroxylation is 1. The standard InChI is InChI=1S/C20H24N4O5/c1-14-10-18(22-29-14)21-19(25)13-23(12-15-6-3-2-4-7-15)20(26)16-8-5-9-17(11-16)24(27)28/h5,8-11,15H,2-4,6-7,12-13H2,1H3,(H,21,22,25). The van der Waals surface area contributed by atoms with Crippen molar-refractivity contribution in [1.29, 1.82) is 0 Å². The van der Waals surface area contributed by atoms with Crippen molar-refractivity contribution in [2.24, 2.45) is 5.92 Å². The molecule has 0 atom stereocenters. The van der Waals surface area contributed by atoms with Gasteiger partial charge in [0.25, 0.3) is 11.6 Å². The first kappa shape index (κ1) is 20.5. The number of benzene rings is 1. The van der Waals surface area contributed by atoms with Gasteiger partial charge in [-0.05, 0) is 31.7 Å². The molecule has 3 rings (SSSR count). The lowest BCUT2D eigenvalue weighted by atomic mass is 9.89. The normalized spacial score (nSPS) is 14.4. The third-order valence-electron chi connectivity index (χ3n) is 5.02. The molecular formula is C20H24N4O5. The fourth-order valence-electron chi connectivity index (χ4n) is 3.62. The Morgan fingerprint density at radius 1 is 1.28 bits per heavy atom. The van der Waals surface area contributed by atoms with Gasteiger partial charge >= 0.3 is 0 Å². The number of nitrogens with one attached hydrogen (secondary N) is 1. The van der Waals surface area contributed by atoms with Gasteiger partial charge in [0.05, 0.1) is 4.92 Å². The zero-order valence-electron chi connectivity index (χ0n) is 16.3. The van der Waals surface area contributed by atoms with Crippen molar-refractivity contribution in [3.63, 3.8) is 0 Å². The Morgan fingerprint density at radius 2 is 2.03 bits per heavy atom. The summed E-state index contributed by atoms with van der Waals surface area (Å²) in [5.74, 6) is 0.368. The van der Waals surface area contributed by atoms with E-state index in [1.165, 1.54) is 35.6 Å². The zero-order valence-corrected chi connectivity index (χ0v) is 16.3. The summed E-state index contributed by atoms with van der Waals surface area (Å²) in [6.07, 6.45) is 5.40. The summed E-state index contributed by atoms with van der Waals surface area (Å²) in [4.78, 5) is 37.5. The minimum atomic E-state index is -0.540. The number of carbonyl (C=O) groups is 2. The van der Waals surface area contributed by atoms with E-state index in [0.717, 1.165) is 25.7 Å². The lowest BCUT2D eigenvalue weighted by Gasteiger charge is -2.29. The number of nitro benzene ring substituents is 1. The number of nitrogens with zero attached hydrogens (tertiary/aromatic N) is 3. The summed E-state index contributed by atoms with van der Waals surface area (Å²) in [7, 11) is 0. The summed E-state index contributed by atoms with van der Waals surface area (Å²) in [6.45, 7) is 1.99. The first-order valence-electron chi connectivity index (χ1n) is 9.69. The van der Waals surface area contributed by atoms with E-state index in [1.807, 2.05) is 0 Å². The summed E-state index contributed by atoms with van der Waals surface area (Å²) < 4.78 is 4.94. The van der Waals surface area contributed by atoms with Gasteiger partial charge < -0.3 is 14.7 Å². The van der Waals surface area contributed by atoms with E-state index in [4.69, 9.17) is 4.52 Å². The minimum absolute atomic E-state index is 0.156. The number of rotatable bonds is 7. The molecule has 1 aliphatic rings. The topological polar surface area (TPSA) is 119 Å². The van der Waals surface area contributed by atoms with Crippen molar-refractivity contribution in [2.45, 2.75) is 39.0 Å². The number of non-ortho nitro benzene ring substituents is 1. The molecule has 0 bridgehead atoms. The Labute approximate surface area is 168 Å². The summed E-state index contributed by atoms with van der Waals surface area (Å²) in [5.41, 5.74) is 0.0380. The molecule has 9 nitrogen and oxygen atoms in total. The molecule has 154 valence electrons. The van der Waals surface area contributed by atoms with Crippen LogP contribution in [-0.4, -0.2) is 39.9 Å². The molecule has 1 heterocycles. The van der Waals surface area contributed by atoms with Gasteiger partial charge in [0.1, 0.15) is 12.3 Å². The predicted octanol–water partition coefficient (Wildman–Crippen LogP) is 3.55. The van der Waals surface area contributed by atoms with Crippen LogP contribution in [0.25, 0.3) is 0 Å². The first-order chi connectivity index (χ1) is 13.9. The fourth-order valence-corrected chi connectivity index (χ4v) is 3.62. The zero-order chi connectivity index (χ0) is 20.8.